The van der Waals surface area contributed by atoms with Crippen LogP contribution < -0.4 is 5.73 Å². The van der Waals surface area contributed by atoms with Crippen molar-refractivity contribution in [1.82, 2.24) is 0 Å². The third-order valence-corrected chi connectivity index (χ3v) is 1.98. The first-order chi connectivity index (χ1) is 7.54. The second-order valence-electron chi connectivity index (χ2n) is 3.33. The highest BCUT2D eigenvalue weighted by Crippen LogP contribution is 2.23. The molecule has 0 saturated carbocycles. The van der Waals surface area contributed by atoms with Gasteiger partial charge in [-0.15, -0.1) is 0 Å². The quantitative estimate of drug-likeness (QED) is 0.604. The molecule has 1 aromatic rings. The summed E-state index contributed by atoms with van der Waals surface area (Å²) in [7, 11) is 0. The molecule has 0 saturated heterocycles. The summed E-state index contributed by atoms with van der Waals surface area (Å²) in [6.07, 6.45) is 3.73. The Morgan fingerprint density at radius 2 is 2.19 bits per heavy atom. The molecule has 0 amide bonds. The summed E-state index contributed by atoms with van der Waals surface area (Å²) in [5, 5.41) is 8.76. The number of nitrogens with two attached hydrogens (primary N) is 1. The number of benzene rings is 1. The van der Waals surface area contributed by atoms with Gasteiger partial charge in [-0.1, -0.05) is 6.08 Å². The van der Waals surface area contributed by atoms with Gasteiger partial charge in [0.2, 0.25) is 0 Å². The average molecular weight is 218 g/mol. The molecular formula is C12H14N2O2. The summed E-state index contributed by atoms with van der Waals surface area (Å²) in [6, 6.07) is 4.50. The topological polar surface area (TPSA) is 75.7 Å². The van der Waals surface area contributed by atoms with E-state index in [9.17, 15) is 4.79 Å². The maximum Gasteiger partial charge on any atom is 0.335 e. The van der Waals surface area contributed by atoms with Gasteiger partial charge in [0.15, 0.2) is 0 Å². The zero-order valence-corrected chi connectivity index (χ0v) is 9.27. The summed E-state index contributed by atoms with van der Waals surface area (Å²) >= 11 is 0. The van der Waals surface area contributed by atoms with E-state index in [2.05, 4.69) is 4.99 Å². The average Bonchev–Trinajstić information content (AvgIpc) is 2.21. The van der Waals surface area contributed by atoms with E-state index in [1.807, 2.05) is 26.0 Å². The molecule has 0 aromatic heterocycles. The van der Waals surface area contributed by atoms with E-state index in [-0.39, 0.29) is 5.56 Å². The van der Waals surface area contributed by atoms with E-state index in [1.54, 1.807) is 6.07 Å². The van der Waals surface area contributed by atoms with Crippen molar-refractivity contribution in [3.63, 3.8) is 0 Å². The summed E-state index contributed by atoms with van der Waals surface area (Å²) in [5.74, 6) is -0.993. The Hall–Kier alpha value is -2.10. The molecule has 0 fully saturated rings. The fourth-order valence-electron chi connectivity index (χ4n) is 1.26. The smallest absolute Gasteiger partial charge is 0.335 e. The Labute approximate surface area is 94.1 Å². The summed E-state index contributed by atoms with van der Waals surface area (Å²) in [6.45, 7) is 3.75. The number of carboxylic acid groups (broad SMARTS) is 1. The Kier molecular flexibility index (Phi) is 3.83. The fourth-order valence-corrected chi connectivity index (χ4v) is 1.26. The molecule has 16 heavy (non-hydrogen) atoms. The van der Waals surface area contributed by atoms with Crippen molar-refractivity contribution in [2.75, 3.05) is 5.73 Å². The van der Waals surface area contributed by atoms with Crippen LogP contribution in [0.15, 0.2) is 35.3 Å². The van der Waals surface area contributed by atoms with E-state index in [4.69, 9.17) is 10.8 Å². The Balaban J connectivity index is 3.09. The molecule has 0 heterocycles. The monoisotopic (exact) mass is 218 g/mol. The largest absolute Gasteiger partial charge is 0.478 e. The third-order valence-electron chi connectivity index (χ3n) is 1.98. The first-order valence-electron chi connectivity index (χ1n) is 4.85. The lowest BCUT2D eigenvalue weighted by Gasteiger charge is -2.02. The van der Waals surface area contributed by atoms with Gasteiger partial charge in [0.1, 0.15) is 0 Å². The molecule has 0 atom stereocenters. The van der Waals surface area contributed by atoms with Gasteiger partial charge in [-0.2, -0.15) is 0 Å². The standard InChI is InChI=1S/C12H14N2O2/c1-3-4-8(2)14-11-6-5-9(12(15)16)7-10(11)13/h3-7H,13H2,1-2H3,(H,15,16)/b4-3-,14-8-. The molecule has 1 aromatic carbocycles. The molecule has 0 bridgehead atoms. The number of hydrogen-bond acceptors (Lipinski definition) is 3. The van der Waals surface area contributed by atoms with Gasteiger partial charge in [0.25, 0.3) is 0 Å². The second-order valence-corrected chi connectivity index (χ2v) is 3.33. The SMILES string of the molecule is C/C=C\C(C)=N/c1ccc(C(=O)O)cc1N. The van der Waals surface area contributed by atoms with Crippen LogP contribution in [0.4, 0.5) is 11.4 Å². The van der Waals surface area contributed by atoms with Crippen molar-refractivity contribution in [1.29, 1.82) is 0 Å². The van der Waals surface area contributed by atoms with Crippen LogP contribution in [0, 0.1) is 0 Å². The summed E-state index contributed by atoms with van der Waals surface area (Å²) < 4.78 is 0. The second kappa shape index (κ2) is 5.11. The van der Waals surface area contributed by atoms with E-state index < -0.39 is 5.97 Å². The van der Waals surface area contributed by atoms with Crippen LogP contribution in [-0.4, -0.2) is 16.8 Å². The van der Waals surface area contributed by atoms with Gasteiger partial charge >= 0.3 is 5.97 Å². The zero-order valence-electron chi connectivity index (χ0n) is 9.27. The number of carboxylic acids is 1. The molecule has 1 rings (SSSR count). The van der Waals surface area contributed by atoms with Crippen molar-refractivity contribution in [3.05, 3.63) is 35.9 Å². The minimum atomic E-state index is -0.993. The number of nitrogens with zero attached hydrogens (tertiary/aromatic N) is 1. The van der Waals surface area contributed by atoms with E-state index >= 15 is 0 Å². The molecule has 4 heteroatoms. The minimum Gasteiger partial charge on any atom is -0.478 e. The number of nitrogen functional groups attached to an aromatic ring is 1. The number of aromatic carboxylic acids is 1. The van der Waals surface area contributed by atoms with Crippen LogP contribution in [0.3, 0.4) is 0 Å². The Morgan fingerprint density at radius 1 is 1.50 bits per heavy atom. The highest BCUT2D eigenvalue weighted by molar-refractivity contribution is 5.96. The molecule has 3 N–H and O–H groups in total. The number of carbonyl (C=O) groups is 1. The van der Waals surface area contributed by atoms with Crippen LogP contribution in [0.2, 0.25) is 0 Å². The number of rotatable bonds is 3. The fraction of sp³-hybridized carbons (Fsp3) is 0.167. The van der Waals surface area contributed by atoms with Gasteiger partial charge in [0, 0.05) is 5.71 Å². The molecule has 0 aliphatic carbocycles. The molecule has 0 aliphatic rings. The van der Waals surface area contributed by atoms with Crippen molar-refractivity contribution in [2.24, 2.45) is 4.99 Å². The number of hydrogen-bond donors (Lipinski definition) is 2. The summed E-state index contributed by atoms with van der Waals surface area (Å²) in [5.41, 5.74) is 7.64. The molecular weight excluding hydrogens is 204 g/mol. The van der Waals surface area contributed by atoms with Crippen LogP contribution in [0.5, 0.6) is 0 Å². The van der Waals surface area contributed by atoms with Crippen molar-refractivity contribution < 1.29 is 9.90 Å². The lowest BCUT2D eigenvalue weighted by Crippen LogP contribution is -1.98. The lowest BCUT2D eigenvalue weighted by molar-refractivity contribution is 0.0697. The van der Waals surface area contributed by atoms with Crippen LogP contribution >= 0.6 is 0 Å². The van der Waals surface area contributed by atoms with Gasteiger partial charge in [0.05, 0.1) is 16.9 Å². The van der Waals surface area contributed by atoms with E-state index in [0.717, 1.165) is 5.71 Å². The minimum absolute atomic E-state index is 0.167. The Bertz CT molecular complexity index is 462. The highest BCUT2D eigenvalue weighted by Gasteiger charge is 2.05. The molecule has 4 nitrogen and oxygen atoms in total. The number of aliphatic imine (C=N–C) groups is 1. The number of anilines is 1. The van der Waals surface area contributed by atoms with Crippen molar-refractivity contribution >= 4 is 23.1 Å². The molecule has 0 unspecified atom stereocenters. The predicted molar refractivity (Wildman–Crippen MR) is 65.4 cm³/mol. The van der Waals surface area contributed by atoms with Gasteiger partial charge < -0.3 is 10.8 Å². The third kappa shape index (κ3) is 2.95. The summed E-state index contributed by atoms with van der Waals surface area (Å²) in [4.78, 5) is 14.9. The van der Waals surface area contributed by atoms with Crippen molar-refractivity contribution in [3.8, 4) is 0 Å². The maximum atomic E-state index is 10.7. The van der Waals surface area contributed by atoms with E-state index in [0.29, 0.717) is 11.4 Å². The molecule has 0 spiro atoms. The predicted octanol–water partition coefficient (Wildman–Crippen LogP) is 2.64. The highest BCUT2D eigenvalue weighted by atomic mass is 16.4. The normalized spacial score (nSPS) is 12.0. The number of allylic oxidation sites excluding steroid dienone is 2. The van der Waals surface area contributed by atoms with Crippen LogP contribution in [0.1, 0.15) is 24.2 Å². The van der Waals surface area contributed by atoms with Crippen LogP contribution in [-0.2, 0) is 0 Å². The molecule has 0 radical (unpaired) electrons. The van der Waals surface area contributed by atoms with Crippen molar-refractivity contribution in [2.45, 2.75) is 13.8 Å². The maximum absolute atomic E-state index is 10.7. The first-order valence-corrected chi connectivity index (χ1v) is 4.85. The van der Waals surface area contributed by atoms with Crippen LogP contribution in [0.25, 0.3) is 0 Å². The van der Waals surface area contributed by atoms with E-state index in [1.165, 1.54) is 12.1 Å². The van der Waals surface area contributed by atoms with Gasteiger partial charge in [-0.05, 0) is 38.1 Å². The lowest BCUT2D eigenvalue weighted by atomic mass is 10.2. The van der Waals surface area contributed by atoms with Gasteiger partial charge in [-0.3, -0.25) is 4.99 Å². The first kappa shape index (κ1) is 12.0. The van der Waals surface area contributed by atoms with Gasteiger partial charge in [-0.25, -0.2) is 4.79 Å². The molecule has 84 valence electrons. The zero-order chi connectivity index (χ0) is 12.1. The Morgan fingerprint density at radius 3 is 2.69 bits per heavy atom. The molecule has 0 aliphatic heterocycles.